The molecule has 4 N–H and O–H groups in total. The Kier molecular flexibility index (Phi) is 4.15. The van der Waals surface area contributed by atoms with Gasteiger partial charge in [-0.15, -0.1) is 0 Å². The molecule has 2 heterocycles. The zero-order valence-corrected chi connectivity index (χ0v) is 13.4. The molecule has 1 aliphatic heterocycles. The fraction of sp³-hybridized carbons (Fsp3) is 0.533. The Bertz CT molecular complexity index is 554. The first-order valence-electron chi connectivity index (χ1n) is 7.14. The Morgan fingerprint density at radius 2 is 1.86 bits per heavy atom. The van der Waals surface area contributed by atoms with Crippen molar-refractivity contribution in [3.05, 3.63) is 29.0 Å². The molecule has 5 nitrogen and oxygen atoms in total. The van der Waals surface area contributed by atoms with Crippen LogP contribution in [0.1, 0.15) is 39.0 Å². The normalized spacial score (nSPS) is 20.9. The molecule has 0 aromatic carbocycles. The van der Waals surface area contributed by atoms with Crippen LogP contribution < -0.4 is 11.5 Å². The molecule has 1 fully saturated rings. The SMILES string of the molecule is Cc1cnc(C=C(CN)B2OC(C)(C)C(C)(C)O2)c(N)c1. The fourth-order valence-electron chi connectivity index (χ4n) is 2.12. The van der Waals surface area contributed by atoms with E-state index in [1.165, 1.54) is 0 Å². The smallest absolute Gasteiger partial charge is 0.400 e. The third-order valence-corrected chi connectivity index (χ3v) is 4.20. The minimum Gasteiger partial charge on any atom is -0.400 e. The van der Waals surface area contributed by atoms with Gasteiger partial charge in [-0.3, -0.25) is 4.98 Å². The predicted molar refractivity (Wildman–Crippen MR) is 86.5 cm³/mol. The molecule has 1 aromatic rings. The van der Waals surface area contributed by atoms with Crippen LogP contribution in [0.15, 0.2) is 17.7 Å². The van der Waals surface area contributed by atoms with Crippen molar-refractivity contribution in [3.63, 3.8) is 0 Å². The molecule has 2 rings (SSSR count). The van der Waals surface area contributed by atoms with Crippen LogP contribution in [0.5, 0.6) is 0 Å². The van der Waals surface area contributed by atoms with Crippen molar-refractivity contribution in [2.75, 3.05) is 12.3 Å². The van der Waals surface area contributed by atoms with Gasteiger partial charge in [-0.1, -0.05) is 0 Å². The molecule has 1 aliphatic rings. The van der Waals surface area contributed by atoms with Crippen LogP contribution in [-0.4, -0.2) is 29.8 Å². The van der Waals surface area contributed by atoms with Crippen molar-refractivity contribution < 1.29 is 9.31 Å². The summed E-state index contributed by atoms with van der Waals surface area (Å²) in [5, 5.41) is 0. The number of hydrogen-bond donors (Lipinski definition) is 2. The molecule has 0 spiro atoms. The van der Waals surface area contributed by atoms with Gasteiger partial charge in [0.1, 0.15) is 0 Å². The van der Waals surface area contributed by atoms with E-state index < -0.39 is 18.3 Å². The van der Waals surface area contributed by atoms with Gasteiger partial charge in [0.2, 0.25) is 0 Å². The molecular formula is C15H24BN3O2. The van der Waals surface area contributed by atoms with Gasteiger partial charge in [0.25, 0.3) is 0 Å². The summed E-state index contributed by atoms with van der Waals surface area (Å²) in [5.74, 6) is 0. The number of pyridine rings is 1. The lowest BCUT2D eigenvalue weighted by Gasteiger charge is -2.32. The summed E-state index contributed by atoms with van der Waals surface area (Å²) in [6, 6.07) is 1.89. The summed E-state index contributed by atoms with van der Waals surface area (Å²) in [5.41, 5.74) is 14.2. The van der Waals surface area contributed by atoms with E-state index in [0.717, 1.165) is 11.0 Å². The molecular weight excluding hydrogens is 265 g/mol. The van der Waals surface area contributed by atoms with Crippen LogP contribution >= 0.6 is 0 Å². The standard InChI is InChI=1S/C15H24BN3O2/c1-10-6-12(18)13(19-9-10)7-11(8-17)16-20-14(2,3)15(4,5)21-16/h6-7,9H,8,17-18H2,1-5H3. The number of nitrogens with two attached hydrogens (primary N) is 2. The van der Waals surface area contributed by atoms with E-state index in [4.69, 9.17) is 20.8 Å². The van der Waals surface area contributed by atoms with Crippen LogP contribution in [0.25, 0.3) is 6.08 Å². The number of nitrogen functional groups attached to an aromatic ring is 1. The van der Waals surface area contributed by atoms with Gasteiger partial charge in [0.15, 0.2) is 0 Å². The number of aromatic nitrogens is 1. The molecule has 0 saturated carbocycles. The summed E-state index contributed by atoms with van der Waals surface area (Å²) in [4.78, 5) is 4.34. The second-order valence-electron chi connectivity index (χ2n) is 6.50. The number of anilines is 1. The topological polar surface area (TPSA) is 83.4 Å². The number of nitrogens with zero attached hydrogens (tertiary/aromatic N) is 1. The first kappa shape index (κ1) is 16.0. The first-order valence-corrected chi connectivity index (χ1v) is 7.14. The van der Waals surface area contributed by atoms with Crippen molar-refractivity contribution >= 4 is 18.9 Å². The second kappa shape index (κ2) is 5.44. The summed E-state index contributed by atoms with van der Waals surface area (Å²) in [7, 11) is -0.470. The van der Waals surface area contributed by atoms with Crippen molar-refractivity contribution in [2.45, 2.75) is 45.8 Å². The Morgan fingerprint density at radius 1 is 1.29 bits per heavy atom. The third-order valence-electron chi connectivity index (χ3n) is 4.20. The highest BCUT2D eigenvalue weighted by molar-refractivity contribution is 6.55. The largest absolute Gasteiger partial charge is 0.491 e. The summed E-state index contributed by atoms with van der Waals surface area (Å²) >= 11 is 0. The van der Waals surface area contributed by atoms with Gasteiger partial charge in [-0.05, 0) is 57.8 Å². The van der Waals surface area contributed by atoms with E-state index in [9.17, 15) is 0 Å². The van der Waals surface area contributed by atoms with Crippen molar-refractivity contribution in [2.24, 2.45) is 5.73 Å². The molecule has 1 aromatic heterocycles. The van der Waals surface area contributed by atoms with Gasteiger partial charge >= 0.3 is 7.12 Å². The highest BCUT2D eigenvalue weighted by Crippen LogP contribution is 2.38. The minimum atomic E-state index is -0.470. The number of aryl methyl sites for hydroxylation is 1. The van der Waals surface area contributed by atoms with Crippen LogP contribution in [0.3, 0.4) is 0 Å². The Labute approximate surface area is 126 Å². The summed E-state index contributed by atoms with van der Waals surface area (Å²) in [6.07, 6.45) is 3.64. The lowest BCUT2D eigenvalue weighted by Crippen LogP contribution is -2.41. The maximum atomic E-state index is 6.01. The van der Waals surface area contributed by atoms with Crippen molar-refractivity contribution in [3.8, 4) is 0 Å². The van der Waals surface area contributed by atoms with Gasteiger partial charge < -0.3 is 20.8 Å². The Morgan fingerprint density at radius 3 is 2.33 bits per heavy atom. The highest BCUT2D eigenvalue weighted by atomic mass is 16.7. The first-order chi connectivity index (χ1) is 9.66. The van der Waals surface area contributed by atoms with E-state index in [-0.39, 0.29) is 0 Å². The number of rotatable bonds is 3. The van der Waals surface area contributed by atoms with Crippen LogP contribution in [0.2, 0.25) is 0 Å². The quantitative estimate of drug-likeness (QED) is 0.831. The average molecular weight is 289 g/mol. The third kappa shape index (κ3) is 3.12. The maximum absolute atomic E-state index is 6.01. The molecule has 0 amide bonds. The summed E-state index contributed by atoms with van der Waals surface area (Å²) < 4.78 is 12.0. The van der Waals surface area contributed by atoms with Gasteiger partial charge in [0, 0.05) is 12.7 Å². The maximum Gasteiger partial charge on any atom is 0.491 e. The van der Waals surface area contributed by atoms with E-state index in [1.807, 2.05) is 46.8 Å². The molecule has 0 radical (unpaired) electrons. The monoisotopic (exact) mass is 289 g/mol. The van der Waals surface area contributed by atoms with E-state index in [2.05, 4.69) is 4.98 Å². The molecule has 0 atom stereocenters. The van der Waals surface area contributed by atoms with E-state index in [0.29, 0.717) is 17.9 Å². The predicted octanol–water partition coefficient (Wildman–Crippen LogP) is 1.95. The number of hydrogen-bond acceptors (Lipinski definition) is 5. The van der Waals surface area contributed by atoms with Crippen LogP contribution in [-0.2, 0) is 9.31 Å². The summed E-state index contributed by atoms with van der Waals surface area (Å²) in [6.45, 7) is 10.3. The van der Waals surface area contributed by atoms with E-state index >= 15 is 0 Å². The molecule has 0 unspecified atom stereocenters. The molecule has 114 valence electrons. The van der Waals surface area contributed by atoms with Crippen LogP contribution in [0, 0.1) is 6.92 Å². The lowest BCUT2D eigenvalue weighted by molar-refractivity contribution is 0.00578. The average Bonchev–Trinajstić information content (AvgIpc) is 2.57. The molecule has 0 bridgehead atoms. The minimum absolute atomic E-state index is 0.325. The second-order valence-corrected chi connectivity index (χ2v) is 6.50. The van der Waals surface area contributed by atoms with Crippen molar-refractivity contribution in [1.82, 2.24) is 4.98 Å². The molecule has 0 aliphatic carbocycles. The zero-order valence-electron chi connectivity index (χ0n) is 13.4. The lowest BCUT2D eigenvalue weighted by atomic mass is 9.77. The Hall–Kier alpha value is -1.37. The molecule has 21 heavy (non-hydrogen) atoms. The molecule has 1 saturated heterocycles. The zero-order chi connectivity index (χ0) is 15.8. The van der Waals surface area contributed by atoms with E-state index in [1.54, 1.807) is 6.20 Å². The fourth-order valence-corrected chi connectivity index (χ4v) is 2.12. The van der Waals surface area contributed by atoms with Crippen molar-refractivity contribution in [1.29, 1.82) is 0 Å². The van der Waals surface area contributed by atoms with Gasteiger partial charge in [0.05, 0.1) is 22.6 Å². The van der Waals surface area contributed by atoms with Gasteiger partial charge in [-0.25, -0.2) is 0 Å². The Balaban J connectivity index is 2.31. The molecule has 6 heteroatoms. The van der Waals surface area contributed by atoms with Gasteiger partial charge in [-0.2, -0.15) is 0 Å². The van der Waals surface area contributed by atoms with Crippen LogP contribution in [0.4, 0.5) is 5.69 Å². The highest BCUT2D eigenvalue weighted by Gasteiger charge is 2.52.